The molecule has 1 aliphatic carbocycles. The molecule has 3 N–H and O–H groups in total. The summed E-state index contributed by atoms with van der Waals surface area (Å²) in [7, 11) is 0. The van der Waals surface area contributed by atoms with Crippen LogP contribution in [0, 0.1) is 6.92 Å². The minimum atomic E-state index is -2.79. The molecule has 176 valence electrons. The first-order chi connectivity index (χ1) is 16.9. The lowest BCUT2D eigenvalue weighted by Crippen LogP contribution is -2.27. The Labute approximate surface area is 200 Å². The summed E-state index contributed by atoms with van der Waals surface area (Å²) >= 11 is 0. The summed E-state index contributed by atoms with van der Waals surface area (Å²) in [6.07, 6.45) is 6.13. The SMILES string of the molecule is Cc1cc(Nc2ccc(-c3cn[nH]c3)cc2)nc(-c2cccc(/C=C/C(=O)NC3CC3(F)F)c2)n1. The minimum Gasteiger partial charge on any atom is -0.344 e. The number of aromatic nitrogens is 4. The summed E-state index contributed by atoms with van der Waals surface area (Å²) in [6, 6.07) is 16.1. The van der Waals surface area contributed by atoms with Crippen molar-refractivity contribution >= 4 is 23.5 Å². The number of nitrogens with one attached hydrogen (secondary N) is 3. The van der Waals surface area contributed by atoms with Crippen molar-refractivity contribution in [3.63, 3.8) is 0 Å². The van der Waals surface area contributed by atoms with Crippen LogP contribution in [0.25, 0.3) is 28.6 Å². The van der Waals surface area contributed by atoms with Crippen molar-refractivity contribution in [3.05, 3.63) is 84.3 Å². The molecule has 1 saturated carbocycles. The number of nitrogens with zero attached hydrogens (tertiary/aromatic N) is 3. The molecule has 0 saturated heterocycles. The van der Waals surface area contributed by atoms with Gasteiger partial charge in [0, 0.05) is 47.3 Å². The number of benzene rings is 2. The van der Waals surface area contributed by atoms with Gasteiger partial charge in [-0.2, -0.15) is 5.10 Å². The lowest BCUT2D eigenvalue weighted by molar-refractivity contribution is -0.117. The number of H-pyrrole nitrogens is 1. The Morgan fingerprint density at radius 1 is 1.09 bits per heavy atom. The number of hydrogen-bond donors (Lipinski definition) is 3. The first-order valence-electron chi connectivity index (χ1n) is 11.0. The van der Waals surface area contributed by atoms with Gasteiger partial charge in [-0.1, -0.05) is 30.3 Å². The average Bonchev–Trinajstić information content (AvgIpc) is 3.20. The lowest BCUT2D eigenvalue weighted by atomic mass is 10.1. The van der Waals surface area contributed by atoms with Gasteiger partial charge in [0.05, 0.1) is 12.2 Å². The molecule has 0 radical (unpaired) electrons. The molecule has 7 nitrogen and oxygen atoms in total. The Bertz CT molecular complexity index is 1380. The molecule has 1 aliphatic rings. The highest BCUT2D eigenvalue weighted by atomic mass is 19.3. The fraction of sp³-hybridized carbons (Fsp3) is 0.154. The van der Waals surface area contributed by atoms with Gasteiger partial charge in [-0.3, -0.25) is 9.89 Å². The van der Waals surface area contributed by atoms with Crippen LogP contribution >= 0.6 is 0 Å². The number of halogens is 2. The van der Waals surface area contributed by atoms with Gasteiger partial charge in [0.1, 0.15) is 5.82 Å². The molecular formula is C26H22F2N6O. The number of alkyl halides is 2. The number of aryl methyl sites for hydroxylation is 1. The van der Waals surface area contributed by atoms with Crippen molar-refractivity contribution in [2.45, 2.75) is 25.3 Å². The molecular weight excluding hydrogens is 450 g/mol. The molecule has 2 aromatic carbocycles. The predicted molar refractivity (Wildman–Crippen MR) is 130 cm³/mol. The third-order valence-corrected chi connectivity index (χ3v) is 5.56. The molecule has 1 amide bonds. The maximum absolute atomic E-state index is 13.0. The molecule has 9 heteroatoms. The number of aromatic amines is 1. The average molecular weight is 472 g/mol. The van der Waals surface area contributed by atoms with Gasteiger partial charge >= 0.3 is 0 Å². The Balaban J connectivity index is 1.30. The van der Waals surface area contributed by atoms with Crippen LogP contribution in [0.4, 0.5) is 20.3 Å². The standard InChI is InChI=1S/C26H22F2N6O/c1-16-11-23(32-21-8-6-18(7-9-21)20-14-29-30-15-20)34-25(31-16)19-4-2-3-17(12-19)5-10-24(35)33-22-13-26(22,27)28/h2-12,14-15,22H,13H2,1H3,(H,29,30)(H,33,35)(H,31,32,34)/b10-5+. The Morgan fingerprint density at radius 3 is 2.60 bits per heavy atom. The fourth-order valence-electron chi connectivity index (χ4n) is 3.61. The minimum absolute atomic E-state index is 0.308. The van der Waals surface area contributed by atoms with E-state index in [1.54, 1.807) is 12.3 Å². The number of hydrogen-bond acceptors (Lipinski definition) is 5. The molecule has 0 aliphatic heterocycles. The van der Waals surface area contributed by atoms with Gasteiger partial charge < -0.3 is 10.6 Å². The summed E-state index contributed by atoms with van der Waals surface area (Å²) in [5.74, 6) is -2.16. The van der Waals surface area contributed by atoms with Gasteiger partial charge in [0.15, 0.2) is 5.82 Å². The quantitative estimate of drug-likeness (QED) is 0.325. The van der Waals surface area contributed by atoms with Gasteiger partial charge in [0.2, 0.25) is 5.91 Å². The number of rotatable bonds is 7. The van der Waals surface area contributed by atoms with Crippen LogP contribution < -0.4 is 10.6 Å². The van der Waals surface area contributed by atoms with Crippen LogP contribution in [0.1, 0.15) is 17.7 Å². The highest BCUT2D eigenvalue weighted by molar-refractivity contribution is 5.92. The molecule has 2 heterocycles. The van der Waals surface area contributed by atoms with E-state index in [-0.39, 0.29) is 6.42 Å². The zero-order valence-corrected chi connectivity index (χ0v) is 18.8. The topological polar surface area (TPSA) is 95.6 Å². The van der Waals surface area contributed by atoms with Crippen LogP contribution in [0.3, 0.4) is 0 Å². The number of anilines is 2. The Kier molecular flexibility index (Phi) is 5.82. The van der Waals surface area contributed by atoms with Gasteiger partial charge in [-0.25, -0.2) is 18.7 Å². The van der Waals surface area contributed by atoms with Crippen molar-refractivity contribution in [1.29, 1.82) is 0 Å². The van der Waals surface area contributed by atoms with E-state index in [0.29, 0.717) is 11.6 Å². The molecule has 4 aromatic rings. The molecule has 35 heavy (non-hydrogen) atoms. The third-order valence-electron chi connectivity index (χ3n) is 5.56. The first-order valence-corrected chi connectivity index (χ1v) is 11.0. The number of carbonyl (C=O) groups excluding carboxylic acids is 1. The van der Waals surface area contributed by atoms with Crippen LogP contribution in [0.5, 0.6) is 0 Å². The van der Waals surface area contributed by atoms with Crippen LogP contribution in [-0.4, -0.2) is 38.0 Å². The van der Waals surface area contributed by atoms with Crippen LogP contribution in [-0.2, 0) is 4.79 Å². The third kappa shape index (κ3) is 5.40. The summed E-state index contributed by atoms with van der Waals surface area (Å²) in [5.41, 5.74) is 5.23. The monoisotopic (exact) mass is 472 g/mol. The zero-order valence-electron chi connectivity index (χ0n) is 18.8. The number of carbonyl (C=O) groups is 1. The predicted octanol–water partition coefficient (Wildman–Crippen LogP) is 5.12. The molecule has 5 rings (SSSR count). The summed E-state index contributed by atoms with van der Waals surface area (Å²) < 4.78 is 26.0. The van der Waals surface area contributed by atoms with E-state index < -0.39 is 17.9 Å². The normalized spacial score (nSPS) is 16.3. The largest absolute Gasteiger partial charge is 0.344 e. The Hall–Kier alpha value is -4.40. The van der Waals surface area contributed by atoms with E-state index in [2.05, 4.69) is 30.8 Å². The second-order valence-corrected chi connectivity index (χ2v) is 8.39. The van der Waals surface area contributed by atoms with Gasteiger partial charge in [-0.15, -0.1) is 0 Å². The maximum atomic E-state index is 13.0. The van der Waals surface area contributed by atoms with E-state index in [0.717, 1.165) is 33.6 Å². The molecule has 0 bridgehead atoms. The van der Waals surface area contributed by atoms with Gasteiger partial charge in [-0.05, 0) is 42.3 Å². The van der Waals surface area contributed by atoms with Crippen molar-refractivity contribution in [1.82, 2.24) is 25.5 Å². The summed E-state index contributed by atoms with van der Waals surface area (Å²) in [6.45, 7) is 1.89. The molecule has 1 fully saturated rings. The number of amides is 1. The molecule has 0 spiro atoms. The fourth-order valence-corrected chi connectivity index (χ4v) is 3.61. The van der Waals surface area contributed by atoms with E-state index in [1.807, 2.05) is 67.7 Å². The second kappa shape index (κ2) is 9.09. The molecule has 1 unspecified atom stereocenters. The molecule has 2 aromatic heterocycles. The highest BCUT2D eigenvalue weighted by Crippen LogP contribution is 2.41. The van der Waals surface area contributed by atoms with Crippen LogP contribution in [0.15, 0.2) is 73.1 Å². The van der Waals surface area contributed by atoms with Gasteiger partial charge in [0.25, 0.3) is 5.92 Å². The van der Waals surface area contributed by atoms with Crippen molar-refractivity contribution < 1.29 is 13.6 Å². The van der Waals surface area contributed by atoms with Crippen molar-refractivity contribution in [3.8, 4) is 22.5 Å². The van der Waals surface area contributed by atoms with E-state index in [4.69, 9.17) is 0 Å². The Morgan fingerprint density at radius 2 is 1.89 bits per heavy atom. The van der Waals surface area contributed by atoms with E-state index in [1.165, 1.54) is 6.08 Å². The summed E-state index contributed by atoms with van der Waals surface area (Å²) in [4.78, 5) is 21.1. The van der Waals surface area contributed by atoms with E-state index in [9.17, 15) is 13.6 Å². The zero-order chi connectivity index (χ0) is 24.4. The van der Waals surface area contributed by atoms with Crippen LogP contribution in [0.2, 0.25) is 0 Å². The smallest absolute Gasteiger partial charge is 0.270 e. The van der Waals surface area contributed by atoms with Crippen molar-refractivity contribution in [2.75, 3.05) is 5.32 Å². The highest BCUT2D eigenvalue weighted by Gasteiger charge is 2.57. The molecule has 1 atom stereocenters. The summed E-state index contributed by atoms with van der Waals surface area (Å²) in [5, 5.41) is 12.4. The van der Waals surface area contributed by atoms with E-state index >= 15 is 0 Å². The lowest BCUT2D eigenvalue weighted by Gasteiger charge is -2.10. The van der Waals surface area contributed by atoms with Crippen molar-refractivity contribution in [2.24, 2.45) is 0 Å². The first kappa shape index (κ1) is 22.4. The maximum Gasteiger partial charge on any atom is 0.270 e. The second-order valence-electron chi connectivity index (χ2n) is 8.39.